The third-order valence-corrected chi connectivity index (χ3v) is 6.30. The molecule has 1 saturated heterocycles. The molecule has 10 heteroatoms. The fourth-order valence-corrected chi connectivity index (χ4v) is 4.51. The van der Waals surface area contributed by atoms with Gasteiger partial charge in [0.1, 0.15) is 5.82 Å². The number of amides is 1. The number of hydrogen-bond acceptors (Lipinski definition) is 5. The highest BCUT2D eigenvalue weighted by atomic mass is 19.4. The van der Waals surface area contributed by atoms with Crippen LogP contribution in [0, 0.1) is 5.92 Å². The number of rotatable bonds is 4. The minimum Gasteiger partial charge on any atom is -0.355 e. The maximum atomic E-state index is 13.4. The lowest BCUT2D eigenvalue weighted by Gasteiger charge is -2.34. The lowest BCUT2D eigenvalue weighted by Crippen LogP contribution is -2.43. The molecule has 0 unspecified atom stereocenters. The van der Waals surface area contributed by atoms with Crippen molar-refractivity contribution in [1.29, 1.82) is 0 Å². The van der Waals surface area contributed by atoms with Crippen molar-refractivity contribution < 1.29 is 18.0 Å². The summed E-state index contributed by atoms with van der Waals surface area (Å²) in [5.41, 5.74) is 0.906. The number of fused-ring (bicyclic) bond motifs is 2. The molecule has 7 nitrogen and oxygen atoms in total. The smallest absolute Gasteiger partial charge is 0.355 e. The van der Waals surface area contributed by atoms with Crippen LogP contribution >= 0.6 is 0 Å². The van der Waals surface area contributed by atoms with Gasteiger partial charge in [0.15, 0.2) is 5.65 Å². The molecule has 0 spiro atoms. The van der Waals surface area contributed by atoms with E-state index in [1.54, 1.807) is 6.07 Å². The molecule has 0 N–H and O–H groups in total. The van der Waals surface area contributed by atoms with E-state index < -0.39 is 12.0 Å². The molecule has 34 heavy (non-hydrogen) atoms. The highest BCUT2D eigenvalue weighted by Crippen LogP contribution is 2.30. The number of halogens is 3. The Morgan fingerprint density at radius 1 is 1.03 bits per heavy atom. The summed E-state index contributed by atoms with van der Waals surface area (Å²) in [5, 5.41) is 13.1. The normalized spacial score (nSPS) is 15.2. The Labute approximate surface area is 193 Å². The van der Waals surface area contributed by atoms with Crippen LogP contribution in [0.5, 0.6) is 0 Å². The molecular weight excluding hydrogens is 445 g/mol. The third kappa shape index (κ3) is 4.04. The number of piperidine rings is 1. The second kappa shape index (κ2) is 8.58. The highest BCUT2D eigenvalue weighted by molar-refractivity contribution is 5.97. The highest BCUT2D eigenvalue weighted by Gasteiger charge is 2.38. The van der Waals surface area contributed by atoms with E-state index in [0.717, 1.165) is 21.0 Å². The Bertz CT molecular complexity index is 1340. The van der Waals surface area contributed by atoms with Crippen molar-refractivity contribution >= 4 is 33.8 Å². The summed E-state index contributed by atoms with van der Waals surface area (Å²) in [6.45, 7) is 3.56. The molecule has 0 radical (unpaired) electrons. The maximum Gasteiger partial charge on any atom is 0.453 e. The van der Waals surface area contributed by atoms with Crippen molar-refractivity contribution in [1.82, 2.24) is 19.8 Å². The van der Waals surface area contributed by atoms with Gasteiger partial charge in [0, 0.05) is 31.2 Å². The van der Waals surface area contributed by atoms with Crippen LogP contribution in [-0.2, 0) is 11.0 Å². The minimum atomic E-state index is -4.64. The van der Waals surface area contributed by atoms with Gasteiger partial charge in [-0.2, -0.15) is 17.7 Å². The lowest BCUT2D eigenvalue weighted by atomic mass is 9.94. The minimum absolute atomic E-state index is 0.0371. The summed E-state index contributed by atoms with van der Waals surface area (Å²) in [5.74, 6) is -0.833. The molecule has 176 valence electrons. The van der Waals surface area contributed by atoms with Gasteiger partial charge < -0.3 is 9.80 Å². The van der Waals surface area contributed by atoms with Gasteiger partial charge in [-0.15, -0.1) is 15.3 Å². The van der Waals surface area contributed by atoms with Gasteiger partial charge in [0.2, 0.25) is 5.91 Å². The molecule has 0 saturated carbocycles. The van der Waals surface area contributed by atoms with Gasteiger partial charge in [-0.05, 0) is 54.8 Å². The average Bonchev–Trinajstić information content (AvgIpc) is 3.28. The molecule has 4 aromatic rings. The van der Waals surface area contributed by atoms with Gasteiger partial charge in [-0.25, -0.2) is 0 Å². The monoisotopic (exact) mass is 468 g/mol. The summed E-state index contributed by atoms with van der Waals surface area (Å²) in [7, 11) is 0. The number of carbonyl (C=O) groups excluding carboxylic acids is 1. The Morgan fingerprint density at radius 3 is 2.47 bits per heavy atom. The number of aromatic nitrogens is 4. The Hall–Kier alpha value is -3.69. The summed E-state index contributed by atoms with van der Waals surface area (Å²) >= 11 is 0. The van der Waals surface area contributed by atoms with Crippen molar-refractivity contribution in [3.8, 4) is 0 Å². The fourth-order valence-electron chi connectivity index (χ4n) is 4.51. The molecule has 1 fully saturated rings. The van der Waals surface area contributed by atoms with Gasteiger partial charge in [-0.1, -0.05) is 30.3 Å². The fraction of sp³-hybridized carbons (Fsp3) is 0.333. The van der Waals surface area contributed by atoms with E-state index in [-0.39, 0.29) is 17.5 Å². The number of benzene rings is 2. The molecule has 1 amide bonds. The zero-order valence-electron chi connectivity index (χ0n) is 18.5. The van der Waals surface area contributed by atoms with Crippen LogP contribution in [0.1, 0.15) is 25.6 Å². The average molecular weight is 468 g/mol. The molecule has 0 aliphatic carbocycles. The first kappa shape index (κ1) is 22.1. The van der Waals surface area contributed by atoms with E-state index in [1.807, 2.05) is 59.2 Å². The van der Waals surface area contributed by atoms with Crippen LogP contribution in [0.4, 0.5) is 24.7 Å². The number of alkyl halides is 3. The second-order valence-corrected chi connectivity index (χ2v) is 8.36. The summed E-state index contributed by atoms with van der Waals surface area (Å²) in [6.07, 6.45) is -3.45. The summed E-state index contributed by atoms with van der Waals surface area (Å²) < 4.78 is 40.3. The maximum absolute atomic E-state index is 13.4. The molecule has 0 bridgehead atoms. The molecule has 3 heterocycles. The van der Waals surface area contributed by atoms with Gasteiger partial charge >= 0.3 is 6.18 Å². The van der Waals surface area contributed by atoms with Crippen LogP contribution in [-0.4, -0.2) is 45.4 Å². The van der Waals surface area contributed by atoms with Crippen molar-refractivity contribution in [3.05, 3.63) is 60.4 Å². The largest absolute Gasteiger partial charge is 0.453 e. The van der Waals surface area contributed by atoms with Crippen LogP contribution in [0.3, 0.4) is 0 Å². The quantitative estimate of drug-likeness (QED) is 0.439. The van der Waals surface area contributed by atoms with Gasteiger partial charge in [0.25, 0.3) is 5.82 Å². The summed E-state index contributed by atoms with van der Waals surface area (Å²) in [6, 6.07) is 17.2. The molecule has 2 aromatic carbocycles. The van der Waals surface area contributed by atoms with E-state index in [2.05, 4.69) is 15.3 Å². The van der Waals surface area contributed by atoms with E-state index in [9.17, 15) is 18.0 Å². The number of nitrogens with zero attached hydrogens (tertiary/aromatic N) is 6. The van der Waals surface area contributed by atoms with Crippen LogP contribution in [0.15, 0.2) is 54.6 Å². The Kier molecular flexibility index (Phi) is 5.59. The van der Waals surface area contributed by atoms with Crippen molar-refractivity contribution in [2.45, 2.75) is 25.9 Å². The van der Waals surface area contributed by atoms with E-state index in [4.69, 9.17) is 0 Å². The van der Waals surface area contributed by atoms with Crippen LogP contribution in [0.2, 0.25) is 0 Å². The first-order valence-electron chi connectivity index (χ1n) is 11.2. The predicted octanol–water partition coefficient (Wildman–Crippen LogP) is 4.57. The van der Waals surface area contributed by atoms with Crippen molar-refractivity contribution in [3.63, 3.8) is 0 Å². The van der Waals surface area contributed by atoms with Crippen molar-refractivity contribution in [2.75, 3.05) is 29.4 Å². The first-order valence-corrected chi connectivity index (χ1v) is 11.2. The zero-order valence-corrected chi connectivity index (χ0v) is 18.5. The van der Waals surface area contributed by atoms with E-state index in [1.165, 1.54) is 6.07 Å². The predicted molar refractivity (Wildman–Crippen MR) is 123 cm³/mol. The third-order valence-electron chi connectivity index (χ3n) is 6.30. The molecular formula is C24H23F3N6O. The lowest BCUT2D eigenvalue weighted by molar-refractivity contribution is -0.146. The number of carbonyl (C=O) groups is 1. The number of anilines is 2. The molecule has 1 aliphatic heterocycles. The van der Waals surface area contributed by atoms with E-state index >= 15 is 0 Å². The van der Waals surface area contributed by atoms with Gasteiger partial charge in [0.05, 0.1) is 0 Å². The Balaban J connectivity index is 1.30. The zero-order chi connectivity index (χ0) is 23.9. The SMILES string of the molecule is CCN(C(=O)C1CCN(c2ccc3nnc(C(F)(F)F)n3n2)CC1)c1ccc2ccccc2c1. The van der Waals surface area contributed by atoms with Crippen molar-refractivity contribution in [2.24, 2.45) is 5.92 Å². The Morgan fingerprint density at radius 2 is 1.76 bits per heavy atom. The molecule has 5 rings (SSSR count). The molecule has 1 aliphatic rings. The van der Waals surface area contributed by atoms with Crippen LogP contribution < -0.4 is 9.80 Å². The first-order chi connectivity index (χ1) is 16.3. The number of hydrogen-bond donors (Lipinski definition) is 0. The van der Waals surface area contributed by atoms with Crippen LogP contribution in [0.25, 0.3) is 16.4 Å². The summed E-state index contributed by atoms with van der Waals surface area (Å²) in [4.78, 5) is 17.1. The molecule has 2 aromatic heterocycles. The second-order valence-electron chi connectivity index (χ2n) is 8.36. The topological polar surface area (TPSA) is 66.6 Å². The molecule has 0 atom stereocenters. The standard InChI is InChI=1S/C24H23F3N6O/c1-2-32(19-8-7-16-5-3-4-6-18(16)15-19)22(34)17-11-13-31(14-12-17)21-10-9-20-28-29-23(24(25,26)27)33(20)30-21/h3-10,15,17H,2,11-14H2,1H3. The van der Waals surface area contributed by atoms with E-state index in [0.29, 0.717) is 38.3 Å². The van der Waals surface area contributed by atoms with Gasteiger partial charge in [-0.3, -0.25) is 4.79 Å².